The van der Waals surface area contributed by atoms with Gasteiger partial charge >= 0.3 is 0 Å². The molecular weight excluding hydrogens is 621 g/mol. The van der Waals surface area contributed by atoms with E-state index in [2.05, 4.69) is 97.6 Å². The van der Waals surface area contributed by atoms with E-state index in [9.17, 15) is 0 Å². The Bertz CT molecular complexity index is 2340. The van der Waals surface area contributed by atoms with Crippen LogP contribution in [0, 0.1) is 30.2 Å². The van der Waals surface area contributed by atoms with E-state index in [1.807, 2.05) is 42.5 Å². The van der Waals surface area contributed by atoms with Gasteiger partial charge in [-0.1, -0.05) is 123 Å². The third-order valence-corrected chi connectivity index (χ3v) is 13.0. The van der Waals surface area contributed by atoms with Gasteiger partial charge in [-0.05, 0) is 101 Å². The Morgan fingerprint density at radius 2 is 1.02 bits per heavy atom. The highest BCUT2D eigenvalue weighted by Gasteiger charge is 2.62. The highest BCUT2D eigenvalue weighted by molar-refractivity contribution is 5.74. The van der Waals surface area contributed by atoms with Crippen molar-refractivity contribution in [1.82, 2.24) is 15.0 Å². The summed E-state index contributed by atoms with van der Waals surface area (Å²) >= 11 is 0. The molecule has 51 heavy (non-hydrogen) atoms. The number of rotatable bonds is 4. The quantitative estimate of drug-likeness (QED) is 0.177. The lowest BCUT2D eigenvalue weighted by Gasteiger charge is -2.64. The van der Waals surface area contributed by atoms with Crippen LogP contribution in [0.2, 0.25) is 0 Å². The highest BCUT2D eigenvalue weighted by atomic mass is 15.0. The molecule has 0 unspecified atom stereocenters. The molecule has 1 aromatic heterocycles. The van der Waals surface area contributed by atoms with Crippen molar-refractivity contribution in [1.29, 1.82) is 0 Å². The molecule has 5 aromatic carbocycles. The van der Waals surface area contributed by atoms with Gasteiger partial charge in [0.1, 0.15) is 0 Å². The Hall–Kier alpha value is -5.40. The second-order valence-electron chi connectivity index (χ2n) is 16.0. The van der Waals surface area contributed by atoms with E-state index in [0.717, 1.165) is 39.7 Å². The fourth-order valence-corrected chi connectivity index (χ4v) is 11.0. The van der Waals surface area contributed by atoms with E-state index >= 15 is 0 Å². The molecule has 4 bridgehead atoms. The second-order valence-corrected chi connectivity index (χ2v) is 16.0. The number of benzene rings is 5. The Labute approximate surface area is 300 Å². The molecule has 5 aliphatic carbocycles. The maximum atomic E-state index is 7.35. The molecule has 248 valence electrons. The van der Waals surface area contributed by atoms with E-state index < -0.39 is 0 Å². The third kappa shape index (κ3) is 4.60. The minimum absolute atomic E-state index is 0.0279. The predicted molar refractivity (Wildman–Crippen MR) is 204 cm³/mol. The van der Waals surface area contributed by atoms with Crippen molar-refractivity contribution >= 4 is 5.69 Å². The Kier molecular flexibility index (Phi) is 6.74. The van der Waals surface area contributed by atoms with Crippen molar-refractivity contribution in [3.8, 4) is 45.3 Å². The molecule has 4 fully saturated rings. The van der Waals surface area contributed by atoms with Crippen LogP contribution in [0.1, 0.15) is 68.2 Å². The maximum Gasteiger partial charge on any atom is 0.187 e. The molecule has 5 aliphatic rings. The zero-order valence-electron chi connectivity index (χ0n) is 29.2. The SMILES string of the molecule is [C-]#[N+]c1ccc(-c2cccc(-c3nc(-c4ccccc4)nc(-c4ccc5c(c4)C4(c6ccccc6C5(C)C)C5CC6CC(C5)CC4C6)n3)c2)cc1. The number of nitrogens with zero attached hydrogens (tertiary/aromatic N) is 4. The Morgan fingerprint density at radius 3 is 1.69 bits per heavy atom. The average molecular weight is 661 g/mol. The summed E-state index contributed by atoms with van der Waals surface area (Å²) in [6, 6.07) is 43.0. The summed E-state index contributed by atoms with van der Waals surface area (Å²) < 4.78 is 0. The van der Waals surface area contributed by atoms with Crippen LogP contribution >= 0.6 is 0 Å². The van der Waals surface area contributed by atoms with Gasteiger partial charge in [-0.2, -0.15) is 0 Å². The highest BCUT2D eigenvalue weighted by Crippen LogP contribution is 2.68. The first-order valence-electron chi connectivity index (χ1n) is 18.6. The number of aromatic nitrogens is 3. The minimum atomic E-state index is -0.1000. The molecule has 4 nitrogen and oxygen atoms in total. The van der Waals surface area contributed by atoms with Crippen LogP contribution in [-0.2, 0) is 10.8 Å². The molecule has 0 aliphatic heterocycles. The first-order valence-corrected chi connectivity index (χ1v) is 18.6. The summed E-state index contributed by atoms with van der Waals surface area (Å²) in [6.45, 7) is 12.2. The van der Waals surface area contributed by atoms with Crippen molar-refractivity contribution in [3.63, 3.8) is 0 Å². The van der Waals surface area contributed by atoms with Gasteiger partial charge in [-0.3, -0.25) is 0 Å². The topological polar surface area (TPSA) is 43.0 Å². The van der Waals surface area contributed by atoms with E-state index in [0.29, 0.717) is 35.0 Å². The molecule has 11 rings (SSSR count). The smallest absolute Gasteiger partial charge is 0.187 e. The van der Waals surface area contributed by atoms with Gasteiger partial charge < -0.3 is 0 Å². The first-order chi connectivity index (χ1) is 24.9. The van der Waals surface area contributed by atoms with E-state index in [-0.39, 0.29) is 10.8 Å². The lowest BCUT2D eigenvalue weighted by molar-refractivity contribution is -0.0443. The molecule has 0 saturated heterocycles. The van der Waals surface area contributed by atoms with Crippen LogP contribution in [0.5, 0.6) is 0 Å². The largest absolute Gasteiger partial charge is 0.238 e. The summed E-state index contributed by atoms with van der Waals surface area (Å²) in [7, 11) is 0. The minimum Gasteiger partial charge on any atom is -0.238 e. The van der Waals surface area contributed by atoms with Crippen molar-refractivity contribution in [3.05, 3.63) is 155 Å². The lowest BCUT2D eigenvalue weighted by Crippen LogP contribution is -2.58. The molecular formula is C47H40N4. The summed E-state index contributed by atoms with van der Waals surface area (Å²) in [5.41, 5.74) is 11.7. The van der Waals surface area contributed by atoms with Crippen molar-refractivity contribution < 1.29 is 0 Å². The first kappa shape index (κ1) is 30.4. The fourth-order valence-electron chi connectivity index (χ4n) is 11.0. The average Bonchev–Trinajstić information content (AvgIpc) is 3.18. The van der Waals surface area contributed by atoms with Gasteiger partial charge in [0, 0.05) is 27.5 Å². The molecule has 6 aromatic rings. The number of hydrogen-bond acceptors (Lipinski definition) is 3. The molecule has 0 amide bonds. The molecule has 4 saturated carbocycles. The standard InChI is InChI=1S/C47H40N4/c1-46(2)39-14-7-8-15-41(39)47(36-23-29-22-30(25-36)26-37(47)24-29)42-28-35(18-21-40(42)46)45-50-43(32-10-5-4-6-11-32)49-44(51-45)34-13-9-12-33(27-34)31-16-19-38(48-3)20-17-31/h4-21,27-30,36-37H,22-26H2,1-2H3. The summed E-state index contributed by atoms with van der Waals surface area (Å²) in [6.07, 6.45) is 6.81. The normalized spacial score (nSPS) is 24.9. The third-order valence-electron chi connectivity index (χ3n) is 13.0. The lowest BCUT2D eigenvalue weighted by atomic mass is 9.39. The zero-order valence-corrected chi connectivity index (χ0v) is 29.2. The molecule has 0 radical (unpaired) electrons. The summed E-state index contributed by atoms with van der Waals surface area (Å²) in [5.74, 6) is 5.15. The van der Waals surface area contributed by atoms with Crippen LogP contribution in [0.3, 0.4) is 0 Å². The maximum absolute atomic E-state index is 7.35. The van der Waals surface area contributed by atoms with Crippen molar-refractivity contribution in [2.75, 3.05) is 0 Å². The van der Waals surface area contributed by atoms with Crippen molar-refractivity contribution in [2.24, 2.45) is 23.7 Å². The van der Waals surface area contributed by atoms with Gasteiger partial charge in [0.15, 0.2) is 23.2 Å². The van der Waals surface area contributed by atoms with Crippen molar-refractivity contribution in [2.45, 2.75) is 56.8 Å². The Balaban J connectivity index is 1.16. The van der Waals surface area contributed by atoms with E-state index in [1.165, 1.54) is 48.8 Å². The summed E-state index contributed by atoms with van der Waals surface area (Å²) in [5, 5.41) is 0. The Morgan fingerprint density at radius 1 is 0.490 bits per heavy atom. The molecule has 0 atom stereocenters. The van der Waals surface area contributed by atoms with Crippen LogP contribution < -0.4 is 0 Å². The zero-order chi connectivity index (χ0) is 34.3. The second kappa shape index (κ2) is 11.3. The number of hydrogen-bond donors (Lipinski definition) is 0. The van der Waals surface area contributed by atoms with Gasteiger partial charge in [0.25, 0.3) is 0 Å². The van der Waals surface area contributed by atoms with Gasteiger partial charge in [-0.15, -0.1) is 0 Å². The van der Waals surface area contributed by atoms with Crippen LogP contribution in [0.4, 0.5) is 5.69 Å². The molecule has 1 spiro atoms. The van der Waals surface area contributed by atoms with Crippen LogP contribution in [0.25, 0.3) is 50.1 Å². The molecule has 0 N–H and O–H groups in total. The van der Waals surface area contributed by atoms with E-state index in [4.69, 9.17) is 21.5 Å². The van der Waals surface area contributed by atoms with Gasteiger partial charge in [0.05, 0.1) is 6.57 Å². The molecule has 1 heterocycles. The molecule has 4 heteroatoms. The van der Waals surface area contributed by atoms with Gasteiger partial charge in [0.2, 0.25) is 0 Å². The summed E-state index contributed by atoms with van der Waals surface area (Å²) in [4.78, 5) is 19.1. The monoisotopic (exact) mass is 660 g/mol. The number of fused-ring (bicyclic) bond motifs is 2. The fraction of sp³-hybridized carbons (Fsp3) is 0.277. The van der Waals surface area contributed by atoms with Gasteiger partial charge in [-0.25, -0.2) is 19.8 Å². The van der Waals surface area contributed by atoms with Crippen LogP contribution in [0.15, 0.2) is 121 Å². The van der Waals surface area contributed by atoms with E-state index in [1.54, 1.807) is 5.56 Å². The van der Waals surface area contributed by atoms with Crippen LogP contribution in [-0.4, -0.2) is 15.0 Å². The predicted octanol–water partition coefficient (Wildman–Crippen LogP) is 11.5.